The fourth-order valence-corrected chi connectivity index (χ4v) is 5.17. The van der Waals surface area contributed by atoms with Gasteiger partial charge in [0.05, 0.1) is 20.8 Å². The van der Waals surface area contributed by atoms with Crippen LogP contribution in [0.15, 0.2) is 58.7 Å². The van der Waals surface area contributed by atoms with Gasteiger partial charge < -0.3 is 14.2 Å². The summed E-state index contributed by atoms with van der Waals surface area (Å²) in [6.45, 7) is 4.10. The molecule has 190 valence electrons. The van der Waals surface area contributed by atoms with Gasteiger partial charge in [0, 0.05) is 29.3 Å². The quantitative estimate of drug-likeness (QED) is 0.345. The van der Waals surface area contributed by atoms with E-state index in [-0.39, 0.29) is 18.1 Å². The van der Waals surface area contributed by atoms with Gasteiger partial charge in [-0.3, -0.25) is 14.6 Å². The first-order valence-electron chi connectivity index (χ1n) is 12.3. The molecule has 2 aromatic carbocycles. The van der Waals surface area contributed by atoms with Crippen LogP contribution in [-0.2, 0) is 14.3 Å². The second-order valence-electron chi connectivity index (χ2n) is 9.29. The van der Waals surface area contributed by atoms with Crippen molar-refractivity contribution < 1.29 is 28.2 Å². The maximum absolute atomic E-state index is 14.3. The number of Topliss-reactive ketones (excluding diaryl/α,β-unsaturated/α-hetero) is 1. The van der Waals surface area contributed by atoms with Crippen LogP contribution >= 0.6 is 0 Å². The number of aliphatic imine (C=N–C) groups is 1. The average Bonchev–Trinajstić information content (AvgIpc) is 2.87. The maximum atomic E-state index is 14.3. The Bertz CT molecular complexity index is 1220. The maximum Gasteiger partial charge on any atom is 0.315 e. The molecular formula is C29H32FNO5. The van der Waals surface area contributed by atoms with Crippen LogP contribution < -0.4 is 9.47 Å². The molecule has 0 saturated carbocycles. The van der Waals surface area contributed by atoms with E-state index in [1.807, 2.05) is 25.1 Å². The smallest absolute Gasteiger partial charge is 0.315 e. The lowest BCUT2D eigenvalue weighted by Gasteiger charge is -2.36. The van der Waals surface area contributed by atoms with E-state index in [0.717, 1.165) is 18.4 Å². The monoisotopic (exact) mass is 493 g/mol. The van der Waals surface area contributed by atoms with Gasteiger partial charge in [0.15, 0.2) is 17.3 Å². The zero-order chi connectivity index (χ0) is 25.8. The summed E-state index contributed by atoms with van der Waals surface area (Å²) in [6, 6.07) is 11.8. The number of carbonyl (C=O) groups is 2. The Morgan fingerprint density at radius 3 is 2.53 bits per heavy atom. The number of halogens is 1. The van der Waals surface area contributed by atoms with Gasteiger partial charge in [0.25, 0.3) is 0 Å². The van der Waals surface area contributed by atoms with Gasteiger partial charge in [-0.05, 0) is 61.1 Å². The third kappa shape index (κ3) is 5.06. The van der Waals surface area contributed by atoms with Crippen LogP contribution in [0.5, 0.6) is 11.5 Å². The van der Waals surface area contributed by atoms with E-state index in [1.54, 1.807) is 33.3 Å². The molecule has 1 aliphatic carbocycles. The molecule has 0 fully saturated rings. The molecule has 1 heterocycles. The largest absolute Gasteiger partial charge is 0.493 e. The van der Waals surface area contributed by atoms with Crippen molar-refractivity contribution in [3.8, 4) is 11.5 Å². The predicted molar refractivity (Wildman–Crippen MR) is 135 cm³/mol. The number of nitrogens with zero attached hydrogens (tertiary/aromatic N) is 1. The van der Waals surface area contributed by atoms with Gasteiger partial charge in [-0.1, -0.05) is 31.5 Å². The minimum Gasteiger partial charge on any atom is -0.493 e. The summed E-state index contributed by atoms with van der Waals surface area (Å²) in [5.41, 5.74) is 3.23. The molecule has 0 aromatic heterocycles. The highest BCUT2D eigenvalue weighted by Gasteiger charge is 2.45. The van der Waals surface area contributed by atoms with E-state index in [4.69, 9.17) is 19.2 Å². The number of hydrogen-bond donors (Lipinski definition) is 0. The minimum atomic E-state index is -0.774. The van der Waals surface area contributed by atoms with Crippen LogP contribution in [0.4, 0.5) is 4.39 Å². The Balaban J connectivity index is 1.74. The van der Waals surface area contributed by atoms with Crippen molar-refractivity contribution in [2.75, 3.05) is 20.8 Å². The molecule has 0 spiro atoms. The Kier molecular flexibility index (Phi) is 7.87. The van der Waals surface area contributed by atoms with Gasteiger partial charge in [-0.15, -0.1) is 0 Å². The SMILES string of the molecule is CCCCOC(=O)C1C(C)=NC2=C(C(=O)C[C@H](c3ccc(OC)c(OC)c3)C2)[C@H]1c1cccc(F)c1. The molecule has 1 unspecified atom stereocenters. The summed E-state index contributed by atoms with van der Waals surface area (Å²) >= 11 is 0. The lowest BCUT2D eigenvalue weighted by Crippen LogP contribution is -2.38. The summed E-state index contributed by atoms with van der Waals surface area (Å²) in [4.78, 5) is 31.6. The summed E-state index contributed by atoms with van der Waals surface area (Å²) in [5.74, 6) is -1.24. The van der Waals surface area contributed by atoms with Crippen LogP contribution in [0.1, 0.15) is 62.5 Å². The molecule has 2 aromatic rings. The van der Waals surface area contributed by atoms with Gasteiger partial charge in [0.2, 0.25) is 0 Å². The summed E-state index contributed by atoms with van der Waals surface area (Å²) in [6.07, 6.45) is 2.42. The van der Waals surface area contributed by atoms with Crippen molar-refractivity contribution >= 4 is 17.5 Å². The van der Waals surface area contributed by atoms with Gasteiger partial charge in [0.1, 0.15) is 11.7 Å². The highest BCUT2D eigenvalue weighted by molar-refractivity contribution is 6.09. The number of allylic oxidation sites excluding steroid dienone is 2. The first-order chi connectivity index (χ1) is 17.4. The first-order valence-corrected chi connectivity index (χ1v) is 12.3. The lowest BCUT2D eigenvalue weighted by molar-refractivity contribution is -0.146. The molecule has 36 heavy (non-hydrogen) atoms. The van der Waals surface area contributed by atoms with Gasteiger partial charge in [-0.25, -0.2) is 4.39 Å². The van der Waals surface area contributed by atoms with Crippen LogP contribution in [0.2, 0.25) is 0 Å². The number of ketones is 1. The minimum absolute atomic E-state index is 0.0899. The normalized spacial score (nSPS) is 21.5. The van der Waals surface area contributed by atoms with E-state index >= 15 is 0 Å². The molecule has 4 rings (SSSR count). The number of methoxy groups -OCH3 is 2. The molecular weight excluding hydrogens is 461 g/mol. The summed E-state index contributed by atoms with van der Waals surface area (Å²) in [7, 11) is 3.15. The zero-order valence-corrected chi connectivity index (χ0v) is 21.2. The Labute approximate surface area is 211 Å². The van der Waals surface area contributed by atoms with Crippen molar-refractivity contribution in [3.05, 3.63) is 70.7 Å². The molecule has 3 atom stereocenters. The molecule has 1 aliphatic heterocycles. The lowest BCUT2D eigenvalue weighted by atomic mass is 9.69. The van der Waals surface area contributed by atoms with E-state index in [0.29, 0.717) is 47.1 Å². The molecule has 7 heteroatoms. The topological polar surface area (TPSA) is 74.2 Å². The number of benzene rings is 2. The van der Waals surface area contributed by atoms with Gasteiger partial charge >= 0.3 is 5.97 Å². The molecule has 0 radical (unpaired) electrons. The Hall–Kier alpha value is -3.48. The molecule has 0 amide bonds. The van der Waals surface area contributed by atoms with E-state index < -0.39 is 23.6 Å². The fraction of sp³-hybridized carbons (Fsp3) is 0.414. The molecule has 2 aliphatic rings. The molecule has 0 saturated heterocycles. The first kappa shape index (κ1) is 25.6. The fourth-order valence-electron chi connectivity index (χ4n) is 5.17. The van der Waals surface area contributed by atoms with Crippen LogP contribution in [-0.4, -0.2) is 38.3 Å². The highest BCUT2D eigenvalue weighted by atomic mass is 19.1. The number of unbranched alkanes of at least 4 members (excludes halogenated alkanes) is 1. The summed E-state index contributed by atoms with van der Waals surface area (Å²) < 4.78 is 30.6. The van der Waals surface area contributed by atoms with E-state index in [1.165, 1.54) is 12.1 Å². The van der Waals surface area contributed by atoms with Crippen LogP contribution in [0.25, 0.3) is 0 Å². The Morgan fingerprint density at radius 2 is 1.83 bits per heavy atom. The number of esters is 1. The van der Waals surface area contributed by atoms with Crippen molar-refractivity contribution in [2.45, 2.75) is 51.4 Å². The predicted octanol–water partition coefficient (Wildman–Crippen LogP) is 5.76. The third-order valence-electron chi connectivity index (χ3n) is 6.97. The highest BCUT2D eigenvalue weighted by Crippen LogP contribution is 2.47. The third-order valence-corrected chi connectivity index (χ3v) is 6.97. The van der Waals surface area contributed by atoms with Crippen molar-refractivity contribution in [1.29, 1.82) is 0 Å². The van der Waals surface area contributed by atoms with E-state index in [2.05, 4.69) is 0 Å². The van der Waals surface area contributed by atoms with Gasteiger partial charge in [-0.2, -0.15) is 0 Å². The number of rotatable bonds is 8. The summed E-state index contributed by atoms with van der Waals surface area (Å²) in [5, 5.41) is 0. The van der Waals surface area contributed by atoms with Crippen molar-refractivity contribution in [2.24, 2.45) is 10.9 Å². The number of hydrogen-bond acceptors (Lipinski definition) is 6. The average molecular weight is 494 g/mol. The number of ether oxygens (including phenoxy) is 3. The van der Waals surface area contributed by atoms with Crippen LogP contribution in [0.3, 0.4) is 0 Å². The Morgan fingerprint density at radius 1 is 1.06 bits per heavy atom. The zero-order valence-electron chi connectivity index (χ0n) is 21.2. The molecule has 0 bridgehead atoms. The van der Waals surface area contributed by atoms with Crippen molar-refractivity contribution in [3.63, 3.8) is 0 Å². The van der Waals surface area contributed by atoms with E-state index in [9.17, 15) is 14.0 Å². The van der Waals surface area contributed by atoms with Crippen LogP contribution in [0, 0.1) is 11.7 Å². The number of carbonyl (C=O) groups excluding carboxylic acids is 2. The molecule has 0 N–H and O–H groups in total. The second kappa shape index (κ2) is 11.1. The second-order valence-corrected chi connectivity index (χ2v) is 9.29. The standard InChI is InChI=1S/C29H32FNO5/c1-5-6-12-36-29(33)26-17(2)31-22-14-20(18-10-11-24(34-3)25(16-18)35-4)15-23(32)28(22)27(26)19-8-7-9-21(30)13-19/h7-11,13,16,20,26-27H,5-6,12,14-15H2,1-4H3/t20-,26?,27+/m1/s1. The molecule has 6 nitrogen and oxygen atoms in total. The van der Waals surface area contributed by atoms with Crippen molar-refractivity contribution in [1.82, 2.24) is 0 Å².